The van der Waals surface area contributed by atoms with Gasteiger partial charge in [-0.1, -0.05) is 26.0 Å². The summed E-state index contributed by atoms with van der Waals surface area (Å²) in [5, 5.41) is 4.00. The molecular weight excluding hydrogens is 262 g/mol. The van der Waals surface area contributed by atoms with Gasteiger partial charge >= 0.3 is 0 Å². The van der Waals surface area contributed by atoms with Crippen LogP contribution in [0.25, 0.3) is 10.9 Å². The molecule has 21 heavy (non-hydrogen) atoms. The van der Waals surface area contributed by atoms with Crippen LogP contribution in [0.3, 0.4) is 0 Å². The van der Waals surface area contributed by atoms with E-state index in [1.807, 2.05) is 31.3 Å². The van der Waals surface area contributed by atoms with Gasteiger partial charge in [0, 0.05) is 7.05 Å². The summed E-state index contributed by atoms with van der Waals surface area (Å²) in [6.07, 6.45) is 3.71. The maximum Gasteiger partial charge on any atom is 0.226 e. The first-order chi connectivity index (χ1) is 10.2. The molecule has 1 aromatic carbocycles. The Kier molecular flexibility index (Phi) is 3.95. The van der Waals surface area contributed by atoms with Gasteiger partial charge in [0.2, 0.25) is 11.8 Å². The second kappa shape index (κ2) is 5.88. The van der Waals surface area contributed by atoms with Gasteiger partial charge in [-0.3, -0.25) is 0 Å². The van der Waals surface area contributed by atoms with Gasteiger partial charge in [-0.25, -0.2) is 4.98 Å². The smallest absolute Gasteiger partial charge is 0.226 e. The first-order valence-corrected chi connectivity index (χ1v) is 7.78. The Balaban J connectivity index is 1.89. The summed E-state index contributed by atoms with van der Waals surface area (Å²) in [5.41, 5.74) is 0.920. The van der Waals surface area contributed by atoms with Gasteiger partial charge < -0.3 is 10.1 Å². The molecule has 0 aliphatic heterocycles. The summed E-state index contributed by atoms with van der Waals surface area (Å²) < 4.78 is 6.24. The Morgan fingerprint density at radius 2 is 1.90 bits per heavy atom. The van der Waals surface area contributed by atoms with Crippen LogP contribution in [-0.2, 0) is 0 Å². The molecule has 0 saturated heterocycles. The van der Waals surface area contributed by atoms with E-state index in [9.17, 15) is 0 Å². The first kappa shape index (κ1) is 14.1. The van der Waals surface area contributed by atoms with Crippen molar-refractivity contribution in [3.63, 3.8) is 0 Å². The van der Waals surface area contributed by atoms with E-state index >= 15 is 0 Å². The Labute approximate surface area is 125 Å². The van der Waals surface area contributed by atoms with Crippen molar-refractivity contribution in [2.75, 3.05) is 12.4 Å². The van der Waals surface area contributed by atoms with Crippen molar-refractivity contribution < 1.29 is 4.74 Å². The molecule has 4 nitrogen and oxygen atoms in total. The van der Waals surface area contributed by atoms with Gasteiger partial charge in [0.25, 0.3) is 0 Å². The normalized spacial score (nSPS) is 25.8. The summed E-state index contributed by atoms with van der Waals surface area (Å²) in [6.45, 7) is 4.65. The summed E-state index contributed by atoms with van der Waals surface area (Å²) in [6, 6.07) is 8.02. The van der Waals surface area contributed by atoms with Crippen molar-refractivity contribution in [1.82, 2.24) is 9.97 Å². The van der Waals surface area contributed by atoms with Crippen LogP contribution in [0.5, 0.6) is 5.88 Å². The third-order valence-corrected chi connectivity index (χ3v) is 4.62. The molecule has 3 unspecified atom stereocenters. The summed E-state index contributed by atoms with van der Waals surface area (Å²) >= 11 is 0. The Morgan fingerprint density at radius 1 is 1.10 bits per heavy atom. The first-order valence-electron chi connectivity index (χ1n) is 7.78. The van der Waals surface area contributed by atoms with Crippen molar-refractivity contribution in [2.24, 2.45) is 11.8 Å². The average Bonchev–Trinajstić information content (AvgIpc) is 2.51. The number of rotatable bonds is 3. The van der Waals surface area contributed by atoms with E-state index in [1.165, 1.54) is 6.42 Å². The van der Waals surface area contributed by atoms with E-state index in [1.54, 1.807) is 0 Å². The lowest BCUT2D eigenvalue weighted by Crippen LogP contribution is -2.29. The molecule has 0 radical (unpaired) electrons. The maximum absolute atomic E-state index is 6.24. The molecular formula is C17H23N3O. The van der Waals surface area contributed by atoms with E-state index in [2.05, 4.69) is 29.1 Å². The third-order valence-electron chi connectivity index (χ3n) is 4.62. The van der Waals surface area contributed by atoms with Crippen LogP contribution in [0.2, 0.25) is 0 Å². The minimum Gasteiger partial charge on any atom is -0.474 e. The molecule has 0 amide bonds. The van der Waals surface area contributed by atoms with Crippen molar-refractivity contribution in [2.45, 2.75) is 39.2 Å². The zero-order valence-electron chi connectivity index (χ0n) is 13.0. The number of nitrogens with zero attached hydrogens (tertiary/aromatic N) is 2. The Morgan fingerprint density at radius 3 is 2.67 bits per heavy atom. The van der Waals surface area contributed by atoms with E-state index in [0.29, 0.717) is 17.7 Å². The molecule has 1 fully saturated rings. The lowest BCUT2D eigenvalue weighted by Gasteiger charge is -2.32. The topological polar surface area (TPSA) is 47.0 Å². The quantitative estimate of drug-likeness (QED) is 0.929. The van der Waals surface area contributed by atoms with Crippen LogP contribution in [0.1, 0.15) is 33.1 Å². The molecule has 1 aromatic heterocycles. The molecule has 4 heteroatoms. The fourth-order valence-corrected chi connectivity index (χ4v) is 3.01. The number of benzene rings is 1. The Bertz CT molecular complexity index is 628. The van der Waals surface area contributed by atoms with Crippen molar-refractivity contribution in [3.8, 4) is 5.88 Å². The highest BCUT2D eigenvalue weighted by atomic mass is 16.5. The summed E-state index contributed by atoms with van der Waals surface area (Å²) in [5.74, 6) is 2.82. The lowest BCUT2D eigenvalue weighted by atomic mass is 9.80. The number of ether oxygens (including phenoxy) is 1. The van der Waals surface area contributed by atoms with Gasteiger partial charge in [0.15, 0.2) is 0 Å². The van der Waals surface area contributed by atoms with Gasteiger partial charge in [0.05, 0.1) is 10.9 Å². The molecule has 1 saturated carbocycles. The van der Waals surface area contributed by atoms with Crippen LogP contribution < -0.4 is 10.1 Å². The number of hydrogen-bond donors (Lipinski definition) is 1. The standard InChI is InChI=1S/C17H23N3O/c1-11-8-9-13(10-12(11)2)21-16-14-6-4-5-7-15(14)19-17(18-3)20-16/h4-7,11-13H,8-10H2,1-3H3,(H,18,19,20). The molecule has 112 valence electrons. The van der Waals surface area contributed by atoms with E-state index in [-0.39, 0.29) is 6.10 Å². The number of nitrogens with one attached hydrogen (secondary N) is 1. The van der Waals surface area contributed by atoms with Gasteiger partial charge in [-0.2, -0.15) is 4.98 Å². The highest BCUT2D eigenvalue weighted by Gasteiger charge is 2.26. The molecule has 2 aromatic rings. The Hall–Kier alpha value is -1.84. The third kappa shape index (κ3) is 2.94. The monoisotopic (exact) mass is 285 g/mol. The fourth-order valence-electron chi connectivity index (χ4n) is 3.01. The number of fused-ring (bicyclic) bond motifs is 1. The number of aromatic nitrogens is 2. The van der Waals surface area contributed by atoms with Crippen molar-refractivity contribution >= 4 is 16.9 Å². The van der Waals surface area contributed by atoms with Crippen molar-refractivity contribution in [3.05, 3.63) is 24.3 Å². The van der Waals surface area contributed by atoms with E-state index in [0.717, 1.165) is 29.7 Å². The molecule has 1 aliphatic rings. The van der Waals surface area contributed by atoms with Gasteiger partial charge in [0.1, 0.15) is 6.10 Å². The van der Waals surface area contributed by atoms with Crippen LogP contribution in [0.4, 0.5) is 5.95 Å². The molecule has 1 aliphatic carbocycles. The predicted molar refractivity (Wildman–Crippen MR) is 85.7 cm³/mol. The van der Waals surface area contributed by atoms with E-state index < -0.39 is 0 Å². The molecule has 0 bridgehead atoms. The highest BCUT2D eigenvalue weighted by molar-refractivity contribution is 5.84. The molecule has 3 rings (SSSR count). The number of anilines is 1. The minimum absolute atomic E-state index is 0.263. The molecule has 3 atom stereocenters. The summed E-state index contributed by atoms with van der Waals surface area (Å²) in [4.78, 5) is 8.99. The SMILES string of the molecule is CNc1nc(OC2CCC(C)C(C)C2)c2ccccc2n1. The average molecular weight is 285 g/mol. The predicted octanol–water partition coefficient (Wildman–Crippen LogP) is 3.88. The van der Waals surface area contributed by atoms with Crippen LogP contribution >= 0.6 is 0 Å². The van der Waals surface area contributed by atoms with Crippen LogP contribution in [0.15, 0.2) is 24.3 Å². The van der Waals surface area contributed by atoms with Crippen LogP contribution in [0, 0.1) is 11.8 Å². The molecule has 1 N–H and O–H groups in total. The number of hydrogen-bond acceptors (Lipinski definition) is 4. The zero-order chi connectivity index (χ0) is 14.8. The largest absolute Gasteiger partial charge is 0.474 e. The zero-order valence-corrected chi connectivity index (χ0v) is 13.0. The van der Waals surface area contributed by atoms with Gasteiger partial charge in [-0.05, 0) is 43.2 Å². The highest BCUT2D eigenvalue weighted by Crippen LogP contribution is 2.33. The van der Waals surface area contributed by atoms with Gasteiger partial charge in [-0.15, -0.1) is 0 Å². The summed E-state index contributed by atoms with van der Waals surface area (Å²) in [7, 11) is 1.83. The minimum atomic E-state index is 0.263. The number of para-hydroxylation sites is 1. The second-order valence-corrected chi connectivity index (χ2v) is 6.13. The molecule has 1 heterocycles. The second-order valence-electron chi connectivity index (χ2n) is 6.13. The van der Waals surface area contributed by atoms with Crippen LogP contribution in [-0.4, -0.2) is 23.1 Å². The van der Waals surface area contributed by atoms with Crippen molar-refractivity contribution in [1.29, 1.82) is 0 Å². The fraction of sp³-hybridized carbons (Fsp3) is 0.529. The molecule has 0 spiro atoms. The lowest BCUT2D eigenvalue weighted by molar-refractivity contribution is 0.0980. The van der Waals surface area contributed by atoms with E-state index in [4.69, 9.17) is 4.74 Å². The maximum atomic E-state index is 6.24.